The Hall–Kier alpha value is -2.88. The van der Waals surface area contributed by atoms with E-state index in [2.05, 4.69) is 20.9 Å². The quantitative estimate of drug-likeness (QED) is 0.401. The van der Waals surface area contributed by atoms with Crippen LogP contribution < -0.4 is 16.0 Å². The van der Waals surface area contributed by atoms with Crippen LogP contribution in [0.15, 0.2) is 53.9 Å². The zero-order chi connectivity index (χ0) is 22.9. The largest absolute Gasteiger partial charge is 0.326 e. The van der Waals surface area contributed by atoms with Gasteiger partial charge in [-0.05, 0) is 42.0 Å². The number of thioether (sulfide) groups is 1. The van der Waals surface area contributed by atoms with Gasteiger partial charge >= 0.3 is 0 Å². The minimum Gasteiger partial charge on any atom is -0.326 e. The van der Waals surface area contributed by atoms with Crippen molar-refractivity contribution in [1.29, 1.82) is 0 Å². The molecule has 3 amide bonds. The fourth-order valence-electron chi connectivity index (χ4n) is 2.67. The first kappa shape index (κ1) is 23.8. The van der Waals surface area contributed by atoms with E-state index in [4.69, 9.17) is 11.6 Å². The van der Waals surface area contributed by atoms with Crippen molar-refractivity contribution in [1.82, 2.24) is 4.98 Å². The highest BCUT2D eigenvalue weighted by Crippen LogP contribution is 2.21. The molecule has 1 heterocycles. The molecule has 10 heteroatoms. The average Bonchev–Trinajstić information content (AvgIpc) is 3.18. The second kappa shape index (κ2) is 11.7. The maximum absolute atomic E-state index is 12.2. The van der Waals surface area contributed by atoms with Crippen molar-refractivity contribution in [3.8, 4) is 0 Å². The highest BCUT2D eigenvalue weighted by molar-refractivity contribution is 7.99. The van der Waals surface area contributed by atoms with Crippen molar-refractivity contribution >= 4 is 68.9 Å². The Labute approximate surface area is 199 Å². The molecular formula is C22H21ClN4O3S2. The van der Waals surface area contributed by atoms with Crippen LogP contribution in [0.4, 0.5) is 16.5 Å². The van der Waals surface area contributed by atoms with Gasteiger partial charge in [-0.3, -0.25) is 14.4 Å². The van der Waals surface area contributed by atoms with E-state index in [9.17, 15) is 14.4 Å². The van der Waals surface area contributed by atoms with Gasteiger partial charge in [-0.25, -0.2) is 4.98 Å². The summed E-state index contributed by atoms with van der Waals surface area (Å²) in [6.45, 7) is 1.44. The minimum atomic E-state index is -0.149. The van der Waals surface area contributed by atoms with E-state index in [0.29, 0.717) is 27.3 Å². The summed E-state index contributed by atoms with van der Waals surface area (Å²) in [4.78, 5) is 39.7. The molecule has 32 heavy (non-hydrogen) atoms. The molecule has 0 radical (unpaired) electrons. The lowest BCUT2D eigenvalue weighted by Crippen LogP contribution is -2.14. The predicted octanol–water partition coefficient (Wildman–Crippen LogP) is 4.81. The number of halogens is 1. The van der Waals surface area contributed by atoms with Crippen LogP contribution in [0, 0.1) is 0 Å². The molecule has 2 aromatic carbocycles. The molecule has 1 aromatic heterocycles. The van der Waals surface area contributed by atoms with Gasteiger partial charge in [-0.1, -0.05) is 23.7 Å². The number of hydrogen-bond acceptors (Lipinski definition) is 6. The smallest absolute Gasteiger partial charge is 0.234 e. The molecule has 0 spiro atoms. The van der Waals surface area contributed by atoms with Crippen molar-refractivity contribution in [2.24, 2.45) is 0 Å². The van der Waals surface area contributed by atoms with Crippen LogP contribution in [0.5, 0.6) is 0 Å². The van der Waals surface area contributed by atoms with E-state index in [1.165, 1.54) is 30.0 Å². The first-order valence-electron chi connectivity index (χ1n) is 9.61. The van der Waals surface area contributed by atoms with Crippen molar-refractivity contribution in [3.63, 3.8) is 0 Å². The van der Waals surface area contributed by atoms with Gasteiger partial charge in [0, 0.05) is 34.5 Å². The van der Waals surface area contributed by atoms with Crippen LogP contribution in [-0.4, -0.2) is 28.5 Å². The van der Waals surface area contributed by atoms with Crippen molar-refractivity contribution in [3.05, 3.63) is 70.2 Å². The Balaban J connectivity index is 1.39. The van der Waals surface area contributed by atoms with Gasteiger partial charge in [0.2, 0.25) is 17.7 Å². The third-order valence-corrected chi connectivity index (χ3v) is 6.07. The van der Waals surface area contributed by atoms with Gasteiger partial charge in [0.15, 0.2) is 5.13 Å². The topological polar surface area (TPSA) is 100 Å². The van der Waals surface area contributed by atoms with Crippen molar-refractivity contribution < 1.29 is 14.4 Å². The monoisotopic (exact) mass is 488 g/mol. The molecule has 0 unspecified atom stereocenters. The second-order valence-electron chi connectivity index (χ2n) is 6.79. The minimum absolute atomic E-state index is 0.131. The van der Waals surface area contributed by atoms with Crippen LogP contribution in [0.3, 0.4) is 0 Å². The Morgan fingerprint density at radius 2 is 1.59 bits per heavy atom. The first-order valence-corrected chi connectivity index (χ1v) is 12.0. The molecule has 3 N–H and O–H groups in total. The summed E-state index contributed by atoms with van der Waals surface area (Å²) in [7, 11) is 0. The molecule has 0 fully saturated rings. The molecule has 0 aliphatic carbocycles. The third kappa shape index (κ3) is 7.99. The van der Waals surface area contributed by atoms with E-state index in [1.807, 2.05) is 17.5 Å². The number of hydrogen-bond donors (Lipinski definition) is 3. The highest BCUT2D eigenvalue weighted by Gasteiger charge is 2.09. The summed E-state index contributed by atoms with van der Waals surface area (Å²) >= 11 is 8.64. The lowest BCUT2D eigenvalue weighted by atomic mass is 10.1. The zero-order valence-corrected chi connectivity index (χ0v) is 19.6. The highest BCUT2D eigenvalue weighted by atomic mass is 35.5. The number of benzene rings is 2. The number of nitrogens with zero attached hydrogens (tertiary/aromatic N) is 1. The Bertz CT molecular complexity index is 1090. The molecule has 0 saturated heterocycles. The fourth-order valence-corrected chi connectivity index (χ4v) is 4.34. The third-order valence-electron chi connectivity index (χ3n) is 4.05. The number of anilines is 3. The fraction of sp³-hybridized carbons (Fsp3) is 0.182. The summed E-state index contributed by atoms with van der Waals surface area (Å²) in [6, 6.07) is 14.0. The summed E-state index contributed by atoms with van der Waals surface area (Å²) in [5, 5.41) is 11.3. The molecule has 0 aliphatic rings. The van der Waals surface area contributed by atoms with E-state index in [-0.39, 0.29) is 29.9 Å². The Kier molecular flexibility index (Phi) is 8.66. The van der Waals surface area contributed by atoms with Crippen LogP contribution in [-0.2, 0) is 26.6 Å². The second-order valence-corrected chi connectivity index (χ2v) is 9.08. The van der Waals surface area contributed by atoms with E-state index in [0.717, 1.165) is 11.3 Å². The van der Waals surface area contributed by atoms with E-state index in [1.54, 1.807) is 36.4 Å². The number of aromatic nitrogens is 1. The van der Waals surface area contributed by atoms with Crippen LogP contribution >= 0.6 is 34.7 Å². The molecule has 0 bridgehead atoms. The zero-order valence-electron chi connectivity index (χ0n) is 17.2. The normalized spacial score (nSPS) is 10.4. The summed E-state index contributed by atoms with van der Waals surface area (Å²) in [5.74, 6) is 0.394. The standard InChI is InChI=1S/C22H21ClN4O3S2/c1-14(28)24-17-6-8-18(9-7-17)25-21(30)13-31-11-19-12-32-22(26-19)27-20(29)10-15-2-4-16(23)5-3-15/h2-9,12H,10-11,13H2,1H3,(H,24,28)(H,25,30)(H,26,27,29). The lowest BCUT2D eigenvalue weighted by molar-refractivity contribution is -0.116. The Morgan fingerprint density at radius 3 is 2.25 bits per heavy atom. The number of carbonyl (C=O) groups is 3. The van der Waals surface area contributed by atoms with Crippen LogP contribution in [0.25, 0.3) is 0 Å². The molecule has 0 aliphatic heterocycles. The molecule has 0 saturated carbocycles. The molecule has 0 atom stereocenters. The van der Waals surface area contributed by atoms with Gasteiger partial charge in [-0.15, -0.1) is 23.1 Å². The van der Waals surface area contributed by atoms with Gasteiger partial charge < -0.3 is 16.0 Å². The van der Waals surface area contributed by atoms with Gasteiger partial charge in [0.05, 0.1) is 17.9 Å². The summed E-state index contributed by atoms with van der Waals surface area (Å²) < 4.78 is 0. The van der Waals surface area contributed by atoms with Crippen LogP contribution in [0.1, 0.15) is 18.2 Å². The van der Waals surface area contributed by atoms with Gasteiger partial charge in [0.1, 0.15) is 0 Å². The van der Waals surface area contributed by atoms with Crippen LogP contribution in [0.2, 0.25) is 5.02 Å². The van der Waals surface area contributed by atoms with Gasteiger partial charge in [0.25, 0.3) is 0 Å². The van der Waals surface area contributed by atoms with E-state index >= 15 is 0 Å². The molecule has 3 aromatic rings. The SMILES string of the molecule is CC(=O)Nc1ccc(NC(=O)CSCc2csc(NC(=O)Cc3ccc(Cl)cc3)n2)cc1. The Morgan fingerprint density at radius 1 is 0.938 bits per heavy atom. The number of amides is 3. The number of nitrogens with one attached hydrogen (secondary N) is 3. The lowest BCUT2D eigenvalue weighted by Gasteiger charge is -2.06. The number of thiazole rings is 1. The maximum Gasteiger partial charge on any atom is 0.234 e. The van der Waals surface area contributed by atoms with E-state index < -0.39 is 0 Å². The molecule has 3 rings (SSSR count). The summed E-state index contributed by atoms with van der Waals surface area (Å²) in [6.07, 6.45) is 0.243. The van der Waals surface area contributed by atoms with Crippen molar-refractivity contribution in [2.75, 3.05) is 21.7 Å². The molecule has 7 nitrogen and oxygen atoms in total. The average molecular weight is 489 g/mol. The number of carbonyl (C=O) groups excluding carboxylic acids is 3. The maximum atomic E-state index is 12.2. The molecular weight excluding hydrogens is 468 g/mol. The predicted molar refractivity (Wildman–Crippen MR) is 131 cm³/mol. The molecule has 166 valence electrons. The summed E-state index contributed by atoms with van der Waals surface area (Å²) in [5.41, 5.74) is 3.00. The van der Waals surface area contributed by atoms with Gasteiger partial charge in [-0.2, -0.15) is 0 Å². The number of rotatable bonds is 9. The first-order chi connectivity index (χ1) is 15.4. The van der Waals surface area contributed by atoms with Crippen molar-refractivity contribution in [2.45, 2.75) is 19.1 Å².